The molecule has 0 radical (unpaired) electrons. The van der Waals surface area contributed by atoms with Gasteiger partial charge < -0.3 is 4.74 Å². The fourth-order valence-electron chi connectivity index (χ4n) is 3.42. The zero-order chi connectivity index (χ0) is 16.7. The van der Waals surface area contributed by atoms with E-state index in [4.69, 9.17) is 9.73 Å². The number of hydrogen-bond acceptors (Lipinski definition) is 3. The number of aliphatic imine (C=N–C) groups is 1. The molecule has 0 unspecified atom stereocenters. The first-order valence-electron chi connectivity index (χ1n) is 8.19. The highest BCUT2D eigenvalue weighted by Gasteiger charge is 2.27. The maximum absolute atomic E-state index is 5.41. The van der Waals surface area contributed by atoms with Crippen LogP contribution in [0.2, 0.25) is 0 Å². The molecular formula is C21H20N2O. The van der Waals surface area contributed by atoms with E-state index in [1.54, 1.807) is 7.11 Å². The van der Waals surface area contributed by atoms with Crippen LogP contribution in [0.3, 0.4) is 0 Å². The van der Waals surface area contributed by atoms with Gasteiger partial charge in [-0.15, -0.1) is 0 Å². The Morgan fingerprint density at radius 1 is 1.04 bits per heavy atom. The van der Waals surface area contributed by atoms with Gasteiger partial charge in [-0.2, -0.15) is 0 Å². The van der Waals surface area contributed by atoms with Crippen LogP contribution in [-0.2, 0) is 6.42 Å². The molecule has 0 fully saturated rings. The van der Waals surface area contributed by atoms with E-state index in [-0.39, 0.29) is 5.54 Å². The van der Waals surface area contributed by atoms with E-state index >= 15 is 0 Å². The number of pyridine rings is 1. The van der Waals surface area contributed by atoms with Crippen molar-refractivity contribution in [2.45, 2.75) is 25.8 Å². The second kappa shape index (κ2) is 5.45. The standard InChI is InChI=1S/C21H20N2O/c1-21(2)12-15-7-4-5-9-17(15)19(23-21)16-11-14-8-6-10-18(24-3)20(14)22-13-16/h4-11,13H,12H2,1-3H3. The molecule has 1 aromatic heterocycles. The summed E-state index contributed by atoms with van der Waals surface area (Å²) < 4.78 is 5.41. The number of fused-ring (bicyclic) bond motifs is 2. The van der Waals surface area contributed by atoms with Gasteiger partial charge in [0.2, 0.25) is 0 Å². The summed E-state index contributed by atoms with van der Waals surface area (Å²) in [6, 6.07) is 16.7. The third kappa shape index (κ3) is 2.46. The molecule has 0 bridgehead atoms. The molecule has 0 saturated heterocycles. The van der Waals surface area contributed by atoms with E-state index in [1.807, 2.05) is 18.3 Å². The van der Waals surface area contributed by atoms with Gasteiger partial charge >= 0.3 is 0 Å². The maximum atomic E-state index is 5.41. The van der Waals surface area contributed by atoms with Gasteiger partial charge in [-0.25, -0.2) is 0 Å². The minimum atomic E-state index is -0.104. The Balaban J connectivity index is 1.91. The first-order chi connectivity index (χ1) is 11.6. The summed E-state index contributed by atoms with van der Waals surface area (Å²) in [5, 5.41) is 1.07. The molecule has 0 N–H and O–H groups in total. The fraction of sp³-hybridized carbons (Fsp3) is 0.238. The monoisotopic (exact) mass is 316 g/mol. The molecular weight excluding hydrogens is 296 g/mol. The van der Waals surface area contributed by atoms with Gasteiger partial charge in [0, 0.05) is 22.7 Å². The Labute approximate surface area is 142 Å². The molecule has 2 heterocycles. The molecule has 2 aromatic carbocycles. The molecule has 3 heteroatoms. The molecule has 24 heavy (non-hydrogen) atoms. The summed E-state index contributed by atoms with van der Waals surface area (Å²) in [5.74, 6) is 0.797. The summed E-state index contributed by atoms with van der Waals surface area (Å²) in [6.07, 6.45) is 2.86. The highest BCUT2D eigenvalue weighted by Crippen LogP contribution is 2.31. The Morgan fingerprint density at radius 2 is 1.88 bits per heavy atom. The zero-order valence-corrected chi connectivity index (χ0v) is 14.2. The van der Waals surface area contributed by atoms with Gasteiger partial charge in [-0.05, 0) is 38.0 Å². The molecule has 0 spiro atoms. The van der Waals surface area contributed by atoms with Crippen LogP contribution in [0.25, 0.3) is 10.9 Å². The topological polar surface area (TPSA) is 34.5 Å². The van der Waals surface area contributed by atoms with Crippen molar-refractivity contribution >= 4 is 16.6 Å². The smallest absolute Gasteiger partial charge is 0.145 e. The highest BCUT2D eigenvalue weighted by molar-refractivity contribution is 6.15. The van der Waals surface area contributed by atoms with E-state index in [9.17, 15) is 0 Å². The van der Waals surface area contributed by atoms with Crippen molar-refractivity contribution in [3.63, 3.8) is 0 Å². The largest absolute Gasteiger partial charge is 0.494 e. The number of rotatable bonds is 2. The van der Waals surface area contributed by atoms with Gasteiger partial charge in [0.1, 0.15) is 11.3 Å². The summed E-state index contributed by atoms with van der Waals surface area (Å²) in [7, 11) is 1.67. The fourth-order valence-corrected chi connectivity index (χ4v) is 3.42. The summed E-state index contributed by atoms with van der Waals surface area (Å²) in [5.41, 5.74) is 5.41. The van der Waals surface area contributed by atoms with Crippen molar-refractivity contribution in [3.8, 4) is 5.75 Å². The predicted molar refractivity (Wildman–Crippen MR) is 98.2 cm³/mol. The van der Waals surface area contributed by atoms with Crippen molar-refractivity contribution < 1.29 is 4.74 Å². The normalized spacial score (nSPS) is 15.7. The van der Waals surface area contributed by atoms with Crippen molar-refractivity contribution in [3.05, 3.63) is 71.4 Å². The molecule has 120 valence electrons. The SMILES string of the molecule is COc1cccc2cc(C3=NC(C)(C)Cc4ccccc43)cnc12. The molecule has 0 amide bonds. The number of methoxy groups -OCH3 is 1. The maximum Gasteiger partial charge on any atom is 0.145 e. The Kier molecular flexibility index (Phi) is 3.38. The van der Waals surface area contributed by atoms with Crippen molar-refractivity contribution in [2.75, 3.05) is 7.11 Å². The lowest BCUT2D eigenvalue weighted by atomic mass is 9.85. The average Bonchev–Trinajstić information content (AvgIpc) is 2.59. The lowest BCUT2D eigenvalue weighted by molar-refractivity contribution is 0.419. The minimum absolute atomic E-state index is 0.104. The van der Waals surface area contributed by atoms with Crippen molar-refractivity contribution in [1.82, 2.24) is 4.98 Å². The Bertz CT molecular complexity index is 957. The quantitative estimate of drug-likeness (QED) is 0.701. The minimum Gasteiger partial charge on any atom is -0.494 e. The first-order valence-corrected chi connectivity index (χ1v) is 8.19. The third-order valence-corrected chi connectivity index (χ3v) is 4.48. The van der Waals surface area contributed by atoms with Crippen LogP contribution in [0, 0.1) is 0 Å². The van der Waals surface area contributed by atoms with Gasteiger partial charge in [0.15, 0.2) is 0 Å². The first kappa shape index (κ1) is 14.9. The van der Waals surface area contributed by atoms with Crippen LogP contribution in [0.5, 0.6) is 5.75 Å². The van der Waals surface area contributed by atoms with Crippen LogP contribution < -0.4 is 4.74 Å². The third-order valence-electron chi connectivity index (χ3n) is 4.48. The van der Waals surface area contributed by atoms with E-state index < -0.39 is 0 Å². The van der Waals surface area contributed by atoms with Crippen LogP contribution in [0.15, 0.2) is 59.7 Å². The van der Waals surface area contributed by atoms with Gasteiger partial charge in [-0.1, -0.05) is 36.4 Å². The molecule has 3 aromatic rings. The van der Waals surface area contributed by atoms with E-state index in [1.165, 1.54) is 11.1 Å². The Hall–Kier alpha value is -2.68. The van der Waals surface area contributed by atoms with Crippen LogP contribution in [-0.4, -0.2) is 23.3 Å². The van der Waals surface area contributed by atoms with E-state index in [0.29, 0.717) is 0 Å². The lowest BCUT2D eigenvalue weighted by Gasteiger charge is -2.29. The molecule has 1 aliphatic heterocycles. The molecule has 0 saturated carbocycles. The van der Waals surface area contributed by atoms with Crippen molar-refractivity contribution in [1.29, 1.82) is 0 Å². The van der Waals surface area contributed by atoms with E-state index in [0.717, 1.165) is 34.3 Å². The Morgan fingerprint density at radius 3 is 2.71 bits per heavy atom. The van der Waals surface area contributed by atoms with Gasteiger partial charge in [0.25, 0.3) is 0 Å². The predicted octanol–water partition coefficient (Wildman–Crippen LogP) is 4.42. The van der Waals surface area contributed by atoms with Crippen molar-refractivity contribution in [2.24, 2.45) is 4.99 Å². The average molecular weight is 316 g/mol. The molecule has 4 rings (SSSR count). The van der Waals surface area contributed by atoms with E-state index in [2.05, 4.69) is 55.2 Å². The number of nitrogens with zero attached hydrogens (tertiary/aromatic N) is 2. The van der Waals surface area contributed by atoms with Gasteiger partial charge in [-0.3, -0.25) is 9.98 Å². The lowest BCUT2D eigenvalue weighted by Crippen LogP contribution is -2.29. The number of para-hydroxylation sites is 1. The number of aromatic nitrogens is 1. The highest BCUT2D eigenvalue weighted by atomic mass is 16.5. The molecule has 3 nitrogen and oxygen atoms in total. The van der Waals surface area contributed by atoms with Crippen LogP contribution in [0.4, 0.5) is 0 Å². The second-order valence-corrected chi connectivity index (χ2v) is 6.86. The van der Waals surface area contributed by atoms with Crippen LogP contribution in [0.1, 0.15) is 30.5 Å². The summed E-state index contributed by atoms with van der Waals surface area (Å²) in [6.45, 7) is 4.36. The summed E-state index contributed by atoms with van der Waals surface area (Å²) in [4.78, 5) is 9.66. The number of ether oxygens (including phenoxy) is 1. The molecule has 0 aliphatic carbocycles. The van der Waals surface area contributed by atoms with Crippen LogP contribution >= 0.6 is 0 Å². The second-order valence-electron chi connectivity index (χ2n) is 6.86. The summed E-state index contributed by atoms with van der Waals surface area (Å²) >= 11 is 0. The number of hydrogen-bond donors (Lipinski definition) is 0. The molecule has 1 aliphatic rings. The zero-order valence-electron chi connectivity index (χ0n) is 14.2. The number of benzene rings is 2. The molecule has 0 atom stereocenters. The van der Waals surface area contributed by atoms with Gasteiger partial charge in [0.05, 0.1) is 18.4 Å².